The Labute approximate surface area is 183 Å². The van der Waals surface area contributed by atoms with Gasteiger partial charge in [-0.25, -0.2) is 4.98 Å². The lowest BCUT2D eigenvalue weighted by atomic mass is 10.1. The van der Waals surface area contributed by atoms with Crippen molar-refractivity contribution >= 4 is 23.7 Å². The van der Waals surface area contributed by atoms with Crippen molar-refractivity contribution in [1.29, 1.82) is 0 Å². The molecule has 12 nitrogen and oxygen atoms in total. The molecule has 2 aromatic rings. The number of H-pyrrole nitrogens is 1. The third-order valence-electron chi connectivity index (χ3n) is 4.48. The van der Waals surface area contributed by atoms with Crippen LogP contribution in [0.15, 0.2) is 42.9 Å². The zero-order chi connectivity index (χ0) is 23.5. The fourth-order valence-electron chi connectivity index (χ4n) is 2.82. The minimum atomic E-state index is -1.36. The third-order valence-corrected chi connectivity index (χ3v) is 4.48. The number of aliphatic hydroxyl groups excluding tert-OH is 1. The number of rotatable bonds is 12. The third kappa shape index (κ3) is 7.81. The minimum Gasteiger partial charge on any atom is -0.480 e. The molecule has 0 aliphatic heterocycles. The van der Waals surface area contributed by atoms with Gasteiger partial charge in [0.25, 0.3) is 0 Å². The first-order chi connectivity index (χ1) is 15.3. The minimum absolute atomic E-state index is 0.0171. The summed E-state index contributed by atoms with van der Waals surface area (Å²) in [4.78, 5) is 54.7. The lowest BCUT2D eigenvalue weighted by Gasteiger charge is -2.22. The number of nitrogens with zero attached hydrogens (tertiary/aromatic N) is 1. The van der Waals surface area contributed by atoms with Crippen LogP contribution in [0.25, 0.3) is 0 Å². The van der Waals surface area contributed by atoms with E-state index in [2.05, 4.69) is 25.9 Å². The van der Waals surface area contributed by atoms with Gasteiger partial charge in [0.05, 0.1) is 19.0 Å². The molecular weight excluding hydrogens is 420 g/mol. The van der Waals surface area contributed by atoms with Crippen LogP contribution in [0.4, 0.5) is 0 Å². The molecule has 3 unspecified atom stereocenters. The average Bonchev–Trinajstić information content (AvgIpc) is 3.28. The Kier molecular flexibility index (Phi) is 9.32. The van der Waals surface area contributed by atoms with Crippen LogP contribution >= 0.6 is 0 Å². The van der Waals surface area contributed by atoms with Gasteiger partial charge < -0.3 is 36.9 Å². The number of carbonyl (C=O) groups is 4. The van der Waals surface area contributed by atoms with Gasteiger partial charge in [-0.2, -0.15) is 0 Å². The van der Waals surface area contributed by atoms with Gasteiger partial charge in [-0.3, -0.25) is 19.2 Å². The molecule has 1 aromatic heterocycles. The van der Waals surface area contributed by atoms with Crippen LogP contribution in [0.2, 0.25) is 0 Å². The first kappa shape index (κ1) is 24.5. The fourth-order valence-corrected chi connectivity index (χ4v) is 2.82. The van der Waals surface area contributed by atoms with Gasteiger partial charge in [0, 0.05) is 18.3 Å². The van der Waals surface area contributed by atoms with Crippen molar-refractivity contribution in [3.05, 3.63) is 54.1 Å². The summed E-state index contributed by atoms with van der Waals surface area (Å²) in [6.07, 6.45) is 3.04. The van der Waals surface area contributed by atoms with E-state index in [1.54, 1.807) is 24.3 Å². The Morgan fingerprint density at radius 2 is 1.69 bits per heavy atom. The number of carboxylic acids is 1. The van der Waals surface area contributed by atoms with E-state index < -0.39 is 55.0 Å². The normalized spacial score (nSPS) is 13.4. The monoisotopic (exact) mass is 446 g/mol. The predicted octanol–water partition coefficient (Wildman–Crippen LogP) is -2.32. The number of carbonyl (C=O) groups excluding carboxylic acids is 3. The van der Waals surface area contributed by atoms with Crippen molar-refractivity contribution < 1.29 is 29.4 Å². The molecular formula is C20H26N6O6. The molecule has 172 valence electrons. The number of nitrogens with two attached hydrogens (primary N) is 1. The highest BCUT2D eigenvalue weighted by Gasteiger charge is 2.28. The predicted molar refractivity (Wildman–Crippen MR) is 112 cm³/mol. The molecule has 0 aliphatic rings. The number of benzene rings is 1. The largest absolute Gasteiger partial charge is 0.480 e. The second-order valence-corrected chi connectivity index (χ2v) is 6.99. The number of amides is 3. The number of carboxylic acid groups (broad SMARTS) is 1. The van der Waals surface area contributed by atoms with E-state index in [1.807, 2.05) is 6.07 Å². The molecule has 1 heterocycles. The van der Waals surface area contributed by atoms with Gasteiger partial charge in [0.2, 0.25) is 17.7 Å². The Balaban J connectivity index is 2.00. The maximum atomic E-state index is 12.6. The number of aliphatic carboxylic acids is 1. The summed E-state index contributed by atoms with van der Waals surface area (Å²) in [5.41, 5.74) is 7.24. The van der Waals surface area contributed by atoms with Gasteiger partial charge >= 0.3 is 5.97 Å². The van der Waals surface area contributed by atoms with Gasteiger partial charge in [0.1, 0.15) is 18.6 Å². The van der Waals surface area contributed by atoms with Gasteiger partial charge in [-0.15, -0.1) is 0 Å². The van der Waals surface area contributed by atoms with Crippen LogP contribution in [-0.4, -0.2) is 75.1 Å². The van der Waals surface area contributed by atoms with Crippen molar-refractivity contribution in [2.24, 2.45) is 5.73 Å². The summed E-state index contributed by atoms with van der Waals surface area (Å²) in [7, 11) is 0. The van der Waals surface area contributed by atoms with Crippen LogP contribution in [0, 0.1) is 0 Å². The number of aromatic nitrogens is 2. The zero-order valence-electron chi connectivity index (χ0n) is 17.2. The Morgan fingerprint density at radius 1 is 1.00 bits per heavy atom. The molecule has 12 heteroatoms. The van der Waals surface area contributed by atoms with Crippen molar-refractivity contribution in [2.45, 2.75) is 31.0 Å². The number of hydrogen-bond donors (Lipinski definition) is 7. The summed E-state index contributed by atoms with van der Waals surface area (Å²) in [5.74, 6) is -3.48. The maximum absolute atomic E-state index is 12.6. The SMILES string of the molecule is NC(Cc1ccccc1)C(=O)NC(CO)C(=O)NC(Cc1cnc[nH]1)C(=O)NCC(=O)O. The topological polar surface area (TPSA) is 200 Å². The van der Waals surface area contributed by atoms with E-state index in [4.69, 9.17) is 10.8 Å². The van der Waals surface area contributed by atoms with Crippen LogP contribution < -0.4 is 21.7 Å². The second kappa shape index (κ2) is 12.2. The lowest BCUT2D eigenvalue weighted by molar-refractivity contribution is -0.138. The van der Waals surface area contributed by atoms with Crippen molar-refractivity contribution in [1.82, 2.24) is 25.9 Å². The maximum Gasteiger partial charge on any atom is 0.322 e. The molecule has 0 saturated carbocycles. The van der Waals surface area contributed by atoms with E-state index in [0.29, 0.717) is 5.69 Å². The summed E-state index contributed by atoms with van der Waals surface area (Å²) < 4.78 is 0. The first-order valence-electron chi connectivity index (χ1n) is 9.78. The highest BCUT2D eigenvalue weighted by molar-refractivity contribution is 5.93. The molecule has 2 rings (SSSR count). The van der Waals surface area contributed by atoms with Crippen molar-refractivity contribution in [3.63, 3.8) is 0 Å². The summed E-state index contributed by atoms with van der Waals surface area (Å²) in [6, 6.07) is 5.55. The quantitative estimate of drug-likeness (QED) is 0.188. The molecule has 0 saturated heterocycles. The molecule has 3 atom stereocenters. The standard InChI is InChI=1S/C20H26N6O6/c21-14(6-12-4-2-1-3-5-12)18(30)26-16(10-27)20(32)25-15(7-13-8-22-11-24-13)19(31)23-9-17(28)29/h1-5,8,11,14-16,27H,6-7,9-10,21H2,(H,22,24)(H,23,31)(H,25,32)(H,26,30)(H,28,29). The molecule has 0 radical (unpaired) electrons. The molecule has 0 aliphatic carbocycles. The number of nitrogens with one attached hydrogen (secondary N) is 4. The van der Waals surface area contributed by atoms with Crippen LogP contribution in [0.3, 0.4) is 0 Å². The van der Waals surface area contributed by atoms with Crippen LogP contribution in [0.1, 0.15) is 11.3 Å². The van der Waals surface area contributed by atoms with Gasteiger partial charge in [-0.1, -0.05) is 30.3 Å². The van der Waals surface area contributed by atoms with E-state index in [9.17, 15) is 24.3 Å². The molecule has 3 amide bonds. The molecule has 0 spiro atoms. The second-order valence-electron chi connectivity index (χ2n) is 6.99. The summed E-state index contributed by atoms with van der Waals surface area (Å²) in [6.45, 7) is -1.37. The molecule has 8 N–H and O–H groups in total. The number of aromatic amines is 1. The molecule has 0 bridgehead atoms. The summed E-state index contributed by atoms with van der Waals surface area (Å²) in [5, 5.41) is 25.3. The lowest BCUT2D eigenvalue weighted by Crippen LogP contribution is -2.57. The smallest absolute Gasteiger partial charge is 0.322 e. The van der Waals surface area contributed by atoms with Crippen molar-refractivity contribution in [3.8, 4) is 0 Å². The van der Waals surface area contributed by atoms with Gasteiger partial charge in [-0.05, 0) is 12.0 Å². The van der Waals surface area contributed by atoms with Crippen molar-refractivity contribution in [2.75, 3.05) is 13.2 Å². The average molecular weight is 446 g/mol. The highest BCUT2D eigenvalue weighted by Crippen LogP contribution is 2.03. The Morgan fingerprint density at radius 3 is 2.28 bits per heavy atom. The first-order valence-corrected chi connectivity index (χ1v) is 9.78. The Hall–Kier alpha value is -3.77. The molecule has 32 heavy (non-hydrogen) atoms. The highest BCUT2D eigenvalue weighted by atomic mass is 16.4. The van der Waals surface area contributed by atoms with Crippen LogP contribution in [0.5, 0.6) is 0 Å². The number of hydrogen-bond acceptors (Lipinski definition) is 7. The fraction of sp³-hybridized carbons (Fsp3) is 0.350. The van der Waals surface area contributed by atoms with Crippen LogP contribution in [-0.2, 0) is 32.0 Å². The zero-order valence-corrected chi connectivity index (χ0v) is 17.2. The van der Waals surface area contributed by atoms with E-state index >= 15 is 0 Å². The molecule has 0 fully saturated rings. The Bertz CT molecular complexity index is 905. The van der Waals surface area contributed by atoms with E-state index in [-0.39, 0.29) is 12.8 Å². The van der Waals surface area contributed by atoms with E-state index in [1.165, 1.54) is 12.5 Å². The number of imidazole rings is 1. The van der Waals surface area contributed by atoms with Gasteiger partial charge in [0.15, 0.2) is 0 Å². The van der Waals surface area contributed by atoms with E-state index in [0.717, 1.165) is 5.56 Å². The summed E-state index contributed by atoms with van der Waals surface area (Å²) >= 11 is 0. The molecule has 1 aromatic carbocycles. The number of aliphatic hydroxyl groups is 1.